The van der Waals surface area contributed by atoms with E-state index in [2.05, 4.69) is 46.9 Å². The average Bonchev–Trinajstić information content (AvgIpc) is 3.70. The summed E-state index contributed by atoms with van der Waals surface area (Å²) in [4.78, 5) is 25.0. The molecule has 56 heavy (non-hydrogen) atoms. The number of carbonyl (C=O) groups is 2. The molecule has 0 bridgehead atoms. The van der Waals surface area contributed by atoms with Crippen molar-refractivity contribution < 1.29 is 35.1 Å². The van der Waals surface area contributed by atoms with Crippen molar-refractivity contribution in [1.82, 2.24) is 5.32 Å². The molecule has 8 saturated carbocycles. The molecule has 0 saturated heterocycles. The number of aliphatic hydroxyl groups excluding tert-OH is 4. The Bertz CT molecular complexity index is 1470. The quantitative estimate of drug-likeness (QED) is 0.139. The van der Waals surface area contributed by atoms with Gasteiger partial charge in [0.2, 0.25) is 5.91 Å². The zero-order chi connectivity index (χ0) is 40.1. The summed E-state index contributed by atoms with van der Waals surface area (Å²) in [5, 5.41) is 60.3. The maximum absolute atomic E-state index is 13.7. The molecule has 21 atom stereocenters. The largest absolute Gasteiger partial charge is 0.481 e. The minimum Gasteiger partial charge on any atom is -0.481 e. The number of nitrogens with one attached hydrogen (secondary N) is 1. The molecule has 318 valence electrons. The minimum atomic E-state index is -0.758. The highest BCUT2D eigenvalue weighted by Crippen LogP contribution is 2.70. The van der Waals surface area contributed by atoms with Crippen LogP contribution in [0.25, 0.3) is 0 Å². The molecule has 8 nitrogen and oxygen atoms in total. The number of rotatable bonds is 9. The molecular weight excluding hydrogens is 703 g/mol. The van der Waals surface area contributed by atoms with Crippen molar-refractivity contribution in [3.63, 3.8) is 0 Å². The first-order valence-electron chi connectivity index (χ1n) is 23.7. The Hall–Kier alpha value is -1.22. The van der Waals surface area contributed by atoms with Crippen LogP contribution in [0.3, 0.4) is 0 Å². The predicted molar refractivity (Wildman–Crippen MR) is 217 cm³/mol. The fraction of sp³-hybridized carbons (Fsp3) is 0.958. The van der Waals surface area contributed by atoms with E-state index in [1.54, 1.807) is 0 Å². The van der Waals surface area contributed by atoms with Crippen molar-refractivity contribution in [2.45, 2.75) is 194 Å². The first kappa shape index (κ1) is 41.5. The van der Waals surface area contributed by atoms with Crippen LogP contribution in [0.2, 0.25) is 0 Å². The van der Waals surface area contributed by atoms with E-state index in [4.69, 9.17) is 0 Å². The molecule has 0 heterocycles. The Labute approximate surface area is 338 Å². The molecule has 0 spiro atoms. The number of carboxylic acids is 1. The van der Waals surface area contributed by atoms with E-state index in [1.165, 1.54) is 25.7 Å². The van der Waals surface area contributed by atoms with Gasteiger partial charge in [0.15, 0.2) is 0 Å². The second-order valence-electron chi connectivity index (χ2n) is 22.9. The van der Waals surface area contributed by atoms with Gasteiger partial charge < -0.3 is 30.8 Å². The van der Waals surface area contributed by atoms with Gasteiger partial charge in [-0.3, -0.25) is 9.59 Å². The van der Waals surface area contributed by atoms with Crippen LogP contribution in [0.4, 0.5) is 0 Å². The first-order valence-corrected chi connectivity index (χ1v) is 23.7. The van der Waals surface area contributed by atoms with Crippen LogP contribution in [-0.4, -0.2) is 67.9 Å². The average molecular weight is 782 g/mol. The van der Waals surface area contributed by atoms with E-state index in [-0.39, 0.29) is 87.7 Å². The number of carbonyl (C=O) groups excluding carboxylic acids is 1. The molecule has 0 aromatic heterocycles. The Kier molecular flexibility index (Phi) is 11.2. The summed E-state index contributed by atoms with van der Waals surface area (Å²) >= 11 is 0. The number of amides is 1. The molecule has 6 N–H and O–H groups in total. The van der Waals surface area contributed by atoms with Crippen LogP contribution in [0, 0.1) is 92.7 Å². The number of fused-ring (bicyclic) bond motifs is 10. The van der Waals surface area contributed by atoms with E-state index in [1.807, 2.05) is 0 Å². The highest BCUT2D eigenvalue weighted by molar-refractivity contribution is 5.76. The summed E-state index contributed by atoms with van der Waals surface area (Å²) in [6, 6.07) is 0.104. The maximum atomic E-state index is 13.7. The minimum absolute atomic E-state index is 0.0183. The Balaban J connectivity index is 0.868. The van der Waals surface area contributed by atoms with Crippen molar-refractivity contribution >= 4 is 11.9 Å². The van der Waals surface area contributed by atoms with Crippen molar-refractivity contribution in [1.29, 1.82) is 0 Å². The lowest BCUT2D eigenvalue weighted by Crippen LogP contribution is -2.63. The SMILES string of the molecule is C[C@H](CCC(=O)O)[C@H]1CC[C@H]2[C@@H]3[C@H](O)C[C@@H]4C[C@@H](NC(=O)CC[C@@H](C)[C@H]5CC[C@H]6[C@@H]7[C@H](O)C[C@@H]8CCCCC8(C)[C@H]7C[C@H](O)[C@]56C)CC[C@]4(C)[C@H]3C[C@H](O)C12C. The third kappa shape index (κ3) is 6.39. The number of hydrogen-bond donors (Lipinski definition) is 6. The van der Waals surface area contributed by atoms with Gasteiger partial charge in [-0.15, -0.1) is 0 Å². The lowest BCUT2D eigenvalue weighted by atomic mass is 9.43. The molecule has 8 rings (SSSR count). The first-order chi connectivity index (χ1) is 26.4. The highest BCUT2D eigenvalue weighted by Gasteiger charge is 2.67. The Morgan fingerprint density at radius 2 is 1.12 bits per heavy atom. The second kappa shape index (κ2) is 15.0. The van der Waals surface area contributed by atoms with E-state index in [0.29, 0.717) is 54.8 Å². The van der Waals surface area contributed by atoms with Crippen LogP contribution >= 0.6 is 0 Å². The summed E-state index contributed by atoms with van der Waals surface area (Å²) in [7, 11) is 0. The molecule has 8 aliphatic carbocycles. The lowest BCUT2D eigenvalue weighted by molar-refractivity contribution is -0.202. The van der Waals surface area contributed by atoms with Crippen LogP contribution in [-0.2, 0) is 9.59 Å². The van der Waals surface area contributed by atoms with Gasteiger partial charge in [-0.1, -0.05) is 54.4 Å². The number of aliphatic carboxylic acids is 1. The Morgan fingerprint density at radius 3 is 1.68 bits per heavy atom. The van der Waals surface area contributed by atoms with E-state index in [9.17, 15) is 35.1 Å². The molecular formula is C48H79NO7. The van der Waals surface area contributed by atoms with Gasteiger partial charge >= 0.3 is 5.97 Å². The van der Waals surface area contributed by atoms with Gasteiger partial charge in [-0.25, -0.2) is 0 Å². The molecule has 0 aromatic rings. The highest BCUT2D eigenvalue weighted by atomic mass is 16.4. The van der Waals surface area contributed by atoms with Crippen LogP contribution < -0.4 is 5.32 Å². The van der Waals surface area contributed by atoms with Gasteiger partial charge in [0.1, 0.15) is 0 Å². The van der Waals surface area contributed by atoms with Crippen molar-refractivity contribution in [2.24, 2.45) is 92.7 Å². The molecule has 8 heteroatoms. The summed E-state index contributed by atoms with van der Waals surface area (Å²) in [6.07, 6.45) is 15.8. The molecule has 1 amide bonds. The van der Waals surface area contributed by atoms with Crippen LogP contribution in [0.1, 0.15) is 164 Å². The predicted octanol–water partition coefficient (Wildman–Crippen LogP) is 7.98. The lowest BCUT2D eigenvalue weighted by Gasteiger charge is -2.63. The van der Waals surface area contributed by atoms with Gasteiger partial charge in [0.05, 0.1) is 24.4 Å². The molecule has 0 aromatic carbocycles. The van der Waals surface area contributed by atoms with E-state index >= 15 is 0 Å². The summed E-state index contributed by atoms with van der Waals surface area (Å²) in [6.45, 7) is 13.9. The topological polar surface area (TPSA) is 147 Å². The molecule has 8 fully saturated rings. The summed E-state index contributed by atoms with van der Waals surface area (Å²) in [5.41, 5.74) is -0.257. The van der Waals surface area contributed by atoms with Crippen molar-refractivity contribution in [3.05, 3.63) is 0 Å². The van der Waals surface area contributed by atoms with Gasteiger partial charge in [0.25, 0.3) is 0 Å². The molecule has 0 radical (unpaired) electrons. The second-order valence-corrected chi connectivity index (χ2v) is 22.9. The molecule has 8 aliphatic rings. The smallest absolute Gasteiger partial charge is 0.303 e. The third-order valence-electron chi connectivity index (χ3n) is 21.0. The molecule has 0 aliphatic heterocycles. The van der Waals surface area contributed by atoms with E-state index < -0.39 is 18.2 Å². The van der Waals surface area contributed by atoms with Crippen molar-refractivity contribution in [2.75, 3.05) is 0 Å². The number of aliphatic hydroxyl groups is 4. The summed E-state index contributed by atoms with van der Waals surface area (Å²) < 4.78 is 0. The third-order valence-corrected chi connectivity index (χ3v) is 21.0. The van der Waals surface area contributed by atoms with Crippen LogP contribution in [0.5, 0.6) is 0 Å². The number of carboxylic acid groups (broad SMARTS) is 1. The zero-order valence-corrected chi connectivity index (χ0v) is 35.8. The van der Waals surface area contributed by atoms with Gasteiger partial charge in [-0.05, 0) is 189 Å². The molecule has 2 unspecified atom stereocenters. The van der Waals surface area contributed by atoms with Crippen molar-refractivity contribution in [3.8, 4) is 0 Å². The number of hydrogen-bond acceptors (Lipinski definition) is 6. The van der Waals surface area contributed by atoms with E-state index in [0.717, 1.165) is 70.6 Å². The fourth-order valence-electron chi connectivity index (χ4n) is 17.9. The van der Waals surface area contributed by atoms with Crippen LogP contribution in [0.15, 0.2) is 0 Å². The normalized spacial score (nSPS) is 53.3. The fourth-order valence-corrected chi connectivity index (χ4v) is 17.9. The Morgan fingerprint density at radius 1 is 0.607 bits per heavy atom. The summed E-state index contributed by atoms with van der Waals surface area (Å²) in [5.74, 6) is 3.10. The van der Waals surface area contributed by atoms with Gasteiger partial charge in [-0.2, -0.15) is 0 Å². The van der Waals surface area contributed by atoms with Gasteiger partial charge in [0, 0.05) is 18.9 Å². The maximum Gasteiger partial charge on any atom is 0.303 e. The zero-order valence-electron chi connectivity index (χ0n) is 35.8. The monoisotopic (exact) mass is 782 g/mol. The standard InChI is InChI=1S/C48H79NO7/c1-26(31-12-14-33-43-35(24-39(52)47(31,33)5)45(3)19-8-7-9-28(45)22-37(43)50)10-16-41(54)49-30-18-20-46(4)29(21-30)23-38(51)44-34-15-13-32(27(2)11-17-42(55)56)48(34,6)40(53)25-36(44)46/h26-40,43-44,50-53H,7-25H2,1-6H3,(H,49,54)(H,55,56)/t26-,27-,28+,29+,30+,31-,32-,33+,34+,35+,36+,37-,38-,39+,40+,43+,44+,45?,46+,47-,48?/m1/s1.